The molecular formula is C9H9NO4. The van der Waals surface area contributed by atoms with E-state index in [0.717, 1.165) is 5.06 Å². The van der Waals surface area contributed by atoms with E-state index >= 15 is 0 Å². The second-order valence-corrected chi connectivity index (χ2v) is 2.62. The Hall–Kier alpha value is -1.75. The number of rotatable bonds is 2. The molecule has 0 atom stereocenters. The first-order chi connectivity index (χ1) is 6.83. The summed E-state index contributed by atoms with van der Waals surface area (Å²) in [6.07, 6.45) is -0.533. The zero-order chi connectivity index (χ0) is 9.97. The third kappa shape index (κ3) is 1.38. The molecule has 0 saturated carbocycles. The van der Waals surface area contributed by atoms with Gasteiger partial charge in [0.15, 0.2) is 0 Å². The van der Waals surface area contributed by atoms with E-state index in [1.54, 1.807) is 18.2 Å². The Morgan fingerprint density at radius 3 is 2.86 bits per heavy atom. The Kier molecular flexibility index (Phi) is 2.24. The summed E-state index contributed by atoms with van der Waals surface area (Å²) in [7, 11) is 1.53. The van der Waals surface area contributed by atoms with Crippen LogP contribution >= 0.6 is 0 Å². The third-order valence-corrected chi connectivity index (χ3v) is 1.83. The molecule has 0 aromatic heterocycles. The van der Waals surface area contributed by atoms with Crippen LogP contribution in [0.25, 0.3) is 0 Å². The van der Waals surface area contributed by atoms with Gasteiger partial charge in [0, 0.05) is 0 Å². The number of hydrogen-bond acceptors (Lipinski definition) is 4. The van der Waals surface area contributed by atoms with Crippen LogP contribution in [-0.2, 0) is 9.57 Å². The molecule has 1 aromatic carbocycles. The van der Waals surface area contributed by atoms with Crippen molar-refractivity contribution >= 4 is 11.8 Å². The first-order valence-corrected chi connectivity index (χ1v) is 4.06. The lowest BCUT2D eigenvalue weighted by Gasteiger charge is -2.13. The van der Waals surface area contributed by atoms with Crippen molar-refractivity contribution in [2.75, 3.05) is 19.0 Å². The normalized spacial score (nSPS) is 15.5. The molecule has 14 heavy (non-hydrogen) atoms. The van der Waals surface area contributed by atoms with Crippen LogP contribution in [0.1, 0.15) is 0 Å². The van der Waals surface area contributed by atoms with Crippen LogP contribution in [-0.4, -0.2) is 20.0 Å². The number of hydroxylamine groups is 1. The van der Waals surface area contributed by atoms with E-state index in [1.165, 1.54) is 7.11 Å². The van der Waals surface area contributed by atoms with Crippen LogP contribution in [0.4, 0.5) is 10.5 Å². The third-order valence-electron chi connectivity index (χ3n) is 1.83. The predicted molar refractivity (Wildman–Crippen MR) is 47.9 cm³/mol. The quantitative estimate of drug-likeness (QED) is 0.718. The summed E-state index contributed by atoms with van der Waals surface area (Å²) in [6.45, 7) is -0.0586. The minimum atomic E-state index is -0.533. The summed E-state index contributed by atoms with van der Waals surface area (Å²) in [4.78, 5) is 16.1. The summed E-state index contributed by atoms with van der Waals surface area (Å²) < 4.78 is 9.71. The molecule has 5 nitrogen and oxygen atoms in total. The van der Waals surface area contributed by atoms with Crippen LogP contribution in [0.2, 0.25) is 0 Å². The van der Waals surface area contributed by atoms with E-state index in [4.69, 9.17) is 9.57 Å². The van der Waals surface area contributed by atoms with Gasteiger partial charge in [0.25, 0.3) is 0 Å². The van der Waals surface area contributed by atoms with Gasteiger partial charge in [-0.15, -0.1) is 5.06 Å². The number of nitrogens with zero attached hydrogens (tertiary/aromatic N) is 1. The van der Waals surface area contributed by atoms with Crippen molar-refractivity contribution in [3.05, 3.63) is 24.3 Å². The van der Waals surface area contributed by atoms with Crippen molar-refractivity contribution in [3.63, 3.8) is 0 Å². The number of amides is 1. The molecule has 5 heteroatoms. The summed E-state index contributed by atoms with van der Waals surface area (Å²) in [5.74, 6) is 0.561. The molecule has 1 heterocycles. The van der Waals surface area contributed by atoms with Crippen molar-refractivity contribution in [1.82, 2.24) is 0 Å². The molecule has 1 amide bonds. The number of methoxy groups -OCH3 is 1. The average Bonchev–Trinajstić information content (AvgIpc) is 2.64. The highest BCUT2D eigenvalue weighted by Crippen LogP contribution is 2.29. The van der Waals surface area contributed by atoms with Crippen LogP contribution in [0.5, 0.6) is 5.75 Å². The fraction of sp³-hybridized carbons (Fsp3) is 0.222. The fourth-order valence-corrected chi connectivity index (χ4v) is 1.21. The molecule has 1 aliphatic rings. The molecule has 2 rings (SSSR count). The zero-order valence-electron chi connectivity index (χ0n) is 7.60. The summed E-state index contributed by atoms with van der Waals surface area (Å²) in [5.41, 5.74) is 0.539. The van der Waals surface area contributed by atoms with E-state index in [2.05, 4.69) is 4.74 Å². The highest BCUT2D eigenvalue weighted by Gasteiger charge is 2.27. The van der Waals surface area contributed by atoms with Gasteiger partial charge in [-0.2, -0.15) is 0 Å². The highest BCUT2D eigenvalue weighted by atomic mass is 16.9. The van der Waals surface area contributed by atoms with Crippen molar-refractivity contribution in [3.8, 4) is 5.75 Å². The van der Waals surface area contributed by atoms with Crippen LogP contribution in [0.15, 0.2) is 24.3 Å². The minimum absolute atomic E-state index is 0.0586. The fourth-order valence-electron chi connectivity index (χ4n) is 1.21. The van der Waals surface area contributed by atoms with E-state index in [-0.39, 0.29) is 6.79 Å². The van der Waals surface area contributed by atoms with Gasteiger partial charge in [0.1, 0.15) is 11.4 Å². The van der Waals surface area contributed by atoms with Gasteiger partial charge < -0.3 is 9.47 Å². The van der Waals surface area contributed by atoms with Crippen molar-refractivity contribution in [2.24, 2.45) is 0 Å². The highest BCUT2D eigenvalue weighted by molar-refractivity contribution is 5.88. The number of benzene rings is 1. The molecule has 1 saturated heterocycles. The maximum absolute atomic E-state index is 11.2. The summed E-state index contributed by atoms with van der Waals surface area (Å²) in [6, 6.07) is 7.05. The SMILES string of the molecule is COc1ccccc1N1OCOC1=O. The molecule has 1 fully saturated rings. The Morgan fingerprint density at radius 2 is 2.21 bits per heavy atom. The maximum atomic E-state index is 11.2. The van der Waals surface area contributed by atoms with Gasteiger partial charge in [-0.25, -0.2) is 9.63 Å². The molecule has 0 aliphatic carbocycles. The first kappa shape index (κ1) is 8.83. The lowest BCUT2D eigenvalue weighted by atomic mass is 10.3. The van der Waals surface area contributed by atoms with E-state index in [9.17, 15) is 4.79 Å². The maximum Gasteiger partial charge on any atom is 0.441 e. The van der Waals surface area contributed by atoms with E-state index < -0.39 is 6.09 Å². The van der Waals surface area contributed by atoms with Crippen LogP contribution in [0.3, 0.4) is 0 Å². The average molecular weight is 195 g/mol. The van der Waals surface area contributed by atoms with Crippen molar-refractivity contribution in [1.29, 1.82) is 0 Å². The molecular weight excluding hydrogens is 186 g/mol. The summed E-state index contributed by atoms with van der Waals surface area (Å²) in [5, 5.41) is 1.07. The predicted octanol–water partition coefficient (Wildman–Crippen LogP) is 1.54. The largest absolute Gasteiger partial charge is 0.494 e. The number of anilines is 1. The number of carbonyl (C=O) groups is 1. The monoisotopic (exact) mass is 195 g/mol. The molecule has 0 spiro atoms. The molecule has 0 N–H and O–H groups in total. The lowest BCUT2D eigenvalue weighted by Crippen LogP contribution is -2.22. The van der Waals surface area contributed by atoms with Gasteiger partial charge in [0.05, 0.1) is 7.11 Å². The second kappa shape index (κ2) is 3.55. The Morgan fingerprint density at radius 1 is 1.43 bits per heavy atom. The van der Waals surface area contributed by atoms with Crippen LogP contribution < -0.4 is 9.80 Å². The summed E-state index contributed by atoms with van der Waals surface area (Å²) >= 11 is 0. The first-order valence-electron chi connectivity index (χ1n) is 4.06. The van der Waals surface area contributed by atoms with Gasteiger partial charge >= 0.3 is 6.09 Å². The molecule has 0 bridgehead atoms. The van der Waals surface area contributed by atoms with E-state index in [0.29, 0.717) is 11.4 Å². The molecule has 0 radical (unpaired) electrons. The molecule has 74 valence electrons. The number of ether oxygens (including phenoxy) is 2. The number of hydrogen-bond donors (Lipinski definition) is 0. The van der Waals surface area contributed by atoms with Gasteiger partial charge in [-0.3, -0.25) is 0 Å². The molecule has 1 aromatic rings. The van der Waals surface area contributed by atoms with Gasteiger partial charge in [-0.1, -0.05) is 12.1 Å². The Labute approximate surface area is 80.7 Å². The Bertz CT molecular complexity index is 352. The van der Waals surface area contributed by atoms with Crippen molar-refractivity contribution < 1.29 is 19.1 Å². The standard InChI is InChI=1S/C9H9NO4/c1-12-8-5-3-2-4-7(8)10-9(11)13-6-14-10/h2-5H,6H2,1H3. The Balaban J connectivity index is 2.35. The van der Waals surface area contributed by atoms with E-state index in [1.807, 2.05) is 6.07 Å². The van der Waals surface area contributed by atoms with Crippen molar-refractivity contribution in [2.45, 2.75) is 0 Å². The zero-order valence-corrected chi connectivity index (χ0v) is 7.60. The van der Waals surface area contributed by atoms with Gasteiger partial charge in [-0.05, 0) is 12.1 Å². The lowest BCUT2D eigenvalue weighted by molar-refractivity contribution is 0.0701. The number of carbonyl (C=O) groups excluding carboxylic acids is 1. The smallest absolute Gasteiger partial charge is 0.441 e. The number of para-hydroxylation sites is 2. The number of cyclic esters (lactones) is 1. The topological polar surface area (TPSA) is 48.0 Å². The molecule has 0 unspecified atom stereocenters. The minimum Gasteiger partial charge on any atom is -0.494 e. The second-order valence-electron chi connectivity index (χ2n) is 2.62. The van der Waals surface area contributed by atoms with Gasteiger partial charge in [0.2, 0.25) is 6.79 Å². The molecule has 1 aliphatic heterocycles. The van der Waals surface area contributed by atoms with Crippen LogP contribution in [0, 0.1) is 0 Å².